The lowest BCUT2D eigenvalue weighted by atomic mass is 9.85. The summed E-state index contributed by atoms with van der Waals surface area (Å²) in [5.74, 6) is 0.843. The lowest BCUT2D eigenvalue weighted by molar-refractivity contribution is -0.123. The zero-order valence-electron chi connectivity index (χ0n) is 13.2. The Morgan fingerprint density at radius 1 is 1.25 bits per heavy atom. The van der Waals surface area contributed by atoms with E-state index in [0.29, 0.717) is 25.0 Å². The van der Waals surface area contributed by atoms with Crippen LogP contribution in [-0.4, -0.2) is 36.9 Å². The highest BCUT2D eigenvalue weighted by molar-refractivity contribution is 5.76. The number of methoxy groups -OCH3 is 1. The van der Waals surface area contributed by atoms with Crippen LogP contribution in [0.3, 0.4) is 0 Å². The standard InChI is InChI=1S/C16H31NO3/c1-4-13(5-2)15(18)11-17-16(19)10-12-6-8-14(20-3)9-7-12/h12-15,18H,4-11H2,1-3H3,(H,17,19). The summed E-state index contributed by atoms with van der Waals surface area (Å²) in [4.78, 5) is 11.9. The predicted octanol–water partition coefficient (Wildman–Crippen LogP) is 2.50. The molecule has 2 N–H and O–H groups in total. The van der Waals surface area contributed by atoms with Crippen molar-refractivity contribution in [1.29, 1.82) is 0 Å². The number of carbonyl (C=O) groups excluding carboxylic acids is 1. The van der Waals surface area contributed by atoms with E-state index in [1.165, 1.54) is 0 Å². The second kappa shape index (κ2) is 9.35. The summed E-state index contributed by atoms with van der Waals surface area (Å²) in [7, 11) is 1.76. The molecule has 0 saturated heterocycles. The first kappa shape index (κ1) is 17.4. The maximum Gasteiger partial charge on any atom is 0.220 e. The van der Waals surface area contributed by atoms with Crippen LogP contribution < -0.4 is 5.32 Å². The minimum Gasteiger partial charge on any atom is -0.391 e. The SMILES string of the molecule is CCC(CC)C(O)CNC(=O)CC1CCC(OC)CC1. The molecule has 1 atom stereocenters. The van der Waals surface area contributed by atoms with Crippen molar-refractivity contribution in [3.05, 3.63) is 0 Å². The molecule has 1 aliphatic carbocycles. The lowest BCUT2D eigenvalue weighted by Gasteiger charge is -2.27. The van der Waals surface area contributed by atoms with Gasteiger partial charge in [0.05, 0.1) is 12.2 Å². The number of rotatable bonds is 8. The number of aliphatic hydroxyl groups is 1. The molecule has 1 rings (SSSR count). The van der Waals surface area contributed by atoms with E-state index in [9.17, 15) is 9.90 Å². The lowest BCUT2D eigenvalue weighted by Crippen LogP contribution is -2.37. The first-order valence-corrected chi connectivity index (χ1v) is 8.08. The van der Waals surface area contributed by atoms with E-state index >= 15 is 0 Å². The fraction of sp³-hybridized carbons (Fsp3) is 0.938. The van der Waals surface area contributed by atoms with Crippen LogP contribution in [0.4, 0.5) is 0 Å². The van der Waals surface area contributed by atoms with Crippen LogP contribution in [0.2, 0.25) is 0 Å². The van der Waals surface area contributed by atoms with Gasteiger partial charge in [-0.05, 0) is 37.5 Å². The van der Waals surface area contributed by atoms with E-state index in [1.54, 1.807) is 7.11 Å². The van der Waals surface area contributed by atoms with Crippen LogP contribution in [0.15, 0.2) is 0 Å². The molecule has 0 aromatic heterocycles. The maximum absolute atomic E-state index is 11.9. The molecule has 0 bridgehead atoms. The molecule has 1 aliphatic rings. The van der Waals surface area contributed by atoms with E-state index < -0.39 is 6.10 Å². The highest BCUT2D eigenvalue weighted by Gasteiger charge is 2.23. The van der Waals surface area contributed by atoms with Gasteiger partial charge in [-0.3, -0.25) is 4.79 Å². The number of ether oxygens (including phenoxy) is 1. The quantitative estimate of drug-likeness (QED) is 0.720. The van der Waals surface area contributed by atoms with Gasteiger partial charge in [0, 0.05) is 20.1 Å². The van der Waals surface area contributed by atoms with Crippen LogP contribution in [0.1, 0.15) is 58.8 Å². The van der Waals surface area contributed by atoms with Crippen molar-refractivity contribution in [2.45, 2.75) is 71.0 Å². The summed E-state index contributed by atoms with van der Waals surface area (Å²) in [5, 5.41) is 12.9. The van der Waals surface area contributed by atoms with Crippen LogP contribution in [0.25, 0.3) is 0 Å². The van der Waals surface area contributed by atoms with Gasteiger partial charge in [0.15, 0.2) is 0 Å². The van der Waals surface area contributed by atoms with Crippen molar-refractivity contribution in [2.24, 2.45) is 11.8 Å². The van der Waals surface area contributed by atoms with Crippen molar-refractivity contribution in [3.63, 3.8) is 0 Å². The van der Waals surface area contributed by atoms with E-state index in [-0.39, 0.29) is 11.8 Å². The maximum atomic E-state index is 11.9. The molecule has 0 heterocycles. The summed E-state index contributed by atoms with van der Waals surface area (Å²) in [6, 6.07) is 0. The van der Waals surface area contributed by atoms with E-state index in [1.807, 2.05) is 0 Å². The Hall–Kier alpha value is -0.610. The Morgan fingerprint density at radius 3 is 2.35 bits per heavy atom. The van der Waals surface area contributed by atoms with Gasteiger partial charge in [-0.25, -0.2) is 0 Å². The fourth-order valence-corrected chi connectivity index (χ4v) is 3.12. The molecule has 20 heavy (non-hydrogen) atoms. The molecule has 1 amide bonds. The molecular formula is C16H31NO3. The van der Waals surface area contributed by atoms with Crippen LogP contribution in [0.5, 0.6) is 0 Å². The number of hydrogen-bond donors (Lipinski definition) is 2. The van der Waals surface area contributed by atoms with Crippen molar-refractivity contribution >= 4 is 5.91 Å². The van der Waals surface area contributed by atoms with E-state index in [4.69, 9.17) is 4.74 Å². The minimum atomic E-state index is -0.418. The van der Waals surface area contributed by atoms with Gasteiger partial charge >= 0.3 is 0 Å². The van der Waals surface area contributed by atoms with E-state index in [2.05, 4.69) is 19.2 Å². The monoisotopic (exact) mass is 285 g/mol. The Kier molecular flexibility index (Phi) is 8.15. The smallest absolute Gasteiger partial charge is 0.220 e. The van der Waals surface area contributed by atoms with E-state index in [0.717, 1.165) is 38.5 Å². The molecule has 0 spiro atoms. The summed E-state index contributed by atoms with van der Waals surface area (Å²) in [6.07, 6.45) is 6.72. The Bertz CT molecular complexity index is 271. The first-order chi connectivity index (χ1) is 9.60. The summed E-state index contributed by atoms with van der Waals surface area (Å²) in [6.45, 7) is 4.54. The van der Waals surface area contributed by atoms with Crippen LogP contribution >= 0.6 is 0 Å². The third-order valence-electron chi connectivity index (χ3n) is 4.70. The highest BCUT2D eigenvalue weighted by atomic mass is 16.5. The Labute approximate surface area is 123 Å². The molecular weight excluding hydrogens is 254 g/mol. The average Bonchev–Trinajstić information content (AvgIpc) is 2.47. The number of aliphatic hydroxyl groups excluding tert-OH is 1. The predicted molar refractivity (Wildman–Crippen MR) is 80.5 cm³/mol. The fourth-order valence-electron chi connectivity index (χ4n) is 3.12. The molecule has 0 aromatic rings. The van der Waals surface area contributed by atoms with Crippen molar-refractivity contribution in [3.8, 4) is 0 Å². The van der Waals surface area contributed by atoms with Gasteiger partial charge in [0.1, 0.15) is 0 Å². The van der Waals surface area contributed by atoms with Gasteiger partial charge in [-0.1, -0.05) is 26.7 Å². The van der Waals surface area contributed by atoms with Crippen molar-refractivity contribution in [1.82, 2.24) is 5.32 Å². The van der Waals surface area contributed by atoms with Gasteiger partial charge in [-0.2, -0.15) is 0 Å². The van der Waals surface area contributed by atoms with Gasteiger partial charge in [0.2, 0.25) is 5.91 Å². The number of hydrogen-bond acceptors (Lipinski definition) is 3. The molecule has 4 nitrogen and oxygen atoms in total. The molecule has 1 fully saturated rings. The Morgan fingerprint density at radius 2 is 1.85 bits per heavy atom. The normalized spacial score (nSPS) is 24.6. The summed E-state index contributed by atoms with van der Waals surface area (Å²) in [5.41, 5.74) is 0. The van der Waals surface area contributed by atoms with Gasteiger partial charge in [-0.15, -0.1) is 0 Å². The van der Waals surface area contributed by atoms with Gasteiger partial charge < -0.3 is 15.2 Å². The van der Waals surface area contributed by atoms with Crippen molar-refractivity contribution < 1.29 is 14.6 Å². The summed E-state index contributed by atoms with van der Waals surface area (Å²) >= 11 is 0. The third-order valence-corrected chi connectivity index (χ3v) is 4.70. The van der Waals surface area contributed by atoms with Gasteiger partial charge in [0.25, 0.3) is 0 Å². The molecule has 4 heteroatoms. The molecule has 1 saturated carbocycles. The van der Waals surface area contributed by atoms with Crippen molar-refractivity contribution in [2.75, 3.05) is 13.7 Å². The highest BCUT2D eigenvalue weighted by Crippen LogP contribution is 2.28. The first-order valence-electron chi connectivity index (χ1n) is 8.08. The molecule has 0 radical (unpaired) electrons. The molecule has 0 aromatic carbocycles. The Balaban J connectivity index is 2.20. The largest absolute Gasteiger partial charge is 0.391 e. The minimum absolute atomic E-state index is 0.0795. The number of amides is 1. The summed E-state index contributed by atoms with van der Waals surface area (Å²) < 4.78 is 5.34. The molecule has 0 aliphatic heterocycles. The molecule has 118 valence electrons. The van der Waals surface area contributed by atoms with Crippen LogP contribution in [-0.2, 0) is 9.53 Å². The second-order valence-electron chi connectivity index (χ2n) is 6.03. The third kappa shape index (κ3) is 5.80. The molecule has 1 unspecified atom stereocenters. The number of nitrogens with one attached hydrogen (secondary N) is 1. The zero-order valence-corrected chi connectivity index (χ0v) is 13.2. The number of carbonyl (C=O) groups is 1. The topological polar surface area (TPSA) is 58.6 Å². The van der Waals surface area contributed by atoms with Crippen LogP contribution in [0, 0.1) is 11.8 Å². The average molecular weight is 285 g/mol. The second-order valence-corrected chi connectivity index (χ2v) is 6.03. The zero-order chi connectivity index (χ0) is 15.0.